The topological polar surface area (TPSA) is 38.0 Å². The highest BCUT2D eigenvalue weighted by Crippen LogP contribution is 2.28. The smallest absolute Gasteiger partial charge is 0.130 e. The van der Waals surface area contributed by atoms with Gasteiger partial charge in [-0.25, -0.2) is 9.37 Å². The summed E-state index contributed by atoms with van der Waals surface area (Å²) in [6, 6.07) is 4.64. The lowest BCUT2D eigenvalue weighted by molar-refractivity contribution is 0.169. The van der Waals surface area contributed by atoms with Crippen molar-refractivity contribution in [3.8, 4) is 0 Å². The molecule has 0 aliphatic heterocycles. The summed E-state index contributed by atoms with van der Waals surface area (Å²) in [4.78, 5) is 4.11. The number of hydrogen-bond donors (Lipinski definition) is 1. The van der Waals surface area contributed by atoms with Crippen LogP contribution in [0.15, 0.2) is 35.1 Å². The molecule has 0 bridgehead atoms. The fraction of sp³-hybridized carbons (Fsp3) is 0.250. The van der Waals surface area contributed by atoms with Gasteiger partial charge in [0.15, 0.2) is 0 Å². The van der Waals surface area contributed by atoms with E-state index in [0.717, 1.165) is 0 Å². The first-order valence-corrected chi connectivity index (χ1v) is 5.97. The largest absolute Gasteiger partial charge is 0.388 e. The first-order chi connectivity index (χ1) is 8.09. The first kappa shape index (κ1) is 12.3. The summed E-state index contributed by atoms with van der Waals surface area (Å²) in [5, 5.41) is 10.1. The zero-order valence-electron chi connectivity index (χ0n) is 9.27. The number of aliphatic hydroxyl groups is 1. The lowest BCUT2D eigenvalue weighted by Crippen LogP contribution is -2.09. The molecule has 0 aliphatic carbocycles. The summed E-state index contributed by atoms with van der Waals surface area (Å²) >= 11 is 3.24. The number of nitrogens with zero attached hydrogens (tertiary/aromatic N) is 2. The van der Waals surface area contributed by atoms with Gasteiger partial charge in [-0.05, 0) is 12.1 Å². The lowest BCUT2D eigenvalue weighted by atomic mass is 10.1. The van der Waals surface area contributed by atoms with Crippen molar-refractivity contribution in [3.05, 3.63) is 52.3 Å². The van der Waals surface area contributed by atoms with Crippen LogP contribution >= 0.6 is 15.9 Å². The molecule has 1 atom stereocenters. The number of imidazole rings is 1. The second-order valence-electron chi connectivity index (χ2n) is 3.81. The number of hydrogen-bond acceptors (Lipinski definition) is 2. The van der Waals surface area contributed by atoms with Gasteiger partial charge in [0.05, 0.1) is 6.10 Å². The SMILES string of the molecule is Cn1ccnc1CC(O)c1c(F)cccc1Br. The van der Waals surface area contributed by atoms with E-state index in [9.17, 15) is 9.50 Å². The molecule has 1 heterocycles. The standard InChI is InChI=1S/C12H12BrFN2O/c1-16-6-5-15-11(16)7-10(17)12-8(13)3-2-4-9(12)14/h2-6,10,17H,7H2,1H3. The van der Waals surface area contributed by atoms with Crippen LogP contribution in [-0.2, 0) is 13.5 Å². The quantitative estimate of drug-likeness (QED) is 0.946. The molecule has 0 amide bonds. The van der Waals surface area contributed by atoms with Crippen LogP contribution < -0.4 is 0 Å². The van der Waals surface area contributed by atoms with Crippen molar-refractivity contribution in [3.63, 3.8) is 0 Å². The summed E-state index contributed by atoms with van der Waals surface area (Å²) in [6.07, 6.45) is 2.81. The molecule has 90 valence electrons. The van der Waals surface area contributed by atoms with Crippen molar-refractivity contribution in [2.24, 2.45) is 7.05 Å². The summed E-state index contributed by atoms with van der Waals surface area (Å²) in [5.41, 5.74) is 0.274. The lowest BCUT2D eigenvalue weighted by Gasteiger charge is -2.13. The van der Waals surface area contributed by atoms with Gasteiger partial charge in [0.2, 0.25) is 0 Å². The number of halogens is 2. The van der Waals surface area contributed by atoms with Crippen LogP contribution in [0.4, 0.5) is 4.39 Å². The third-order valence-electron chi connectivity index (χ3n) is 2.63. The Labute approximate surface area is 107 Å². The third kappa shape index (κ3) is 2.56. The van der Waals surface area contributed by atoms with E-state index in [1.54, 1.807) is 29.1 Å². The summed E-state index contributed by atoms with van der Waals surface area (Å²) in [6.45, 7) is 0. The normalized spacial score (nSPS) is 12.7. The molecule has 1 unspecified atom stereocenters. The highest BCUT2D eigenvalue weighted by atomic mass is 79.9. The van der Waals surface area contributed by atoms with Gasteiger partial charge in [-0.3, -0.25) is 0 Å². The van der Waals surface area contributed by atoms with Gasteiger partial charge in [-0.2, -0.15) is 0 Å². The zero-order valence-corrected chi connectivity index (χ0v) is 10.9. The molecule has 0 saturated heterocycles. The number of aliphatic hydroxyl groups excluding tert-OH is 1. The molecule has 2 aromatic rings. The molecule has 0 fully saturated rings. The van der Waals surface area contributed by atoms with E-state index in [-0.39, 0.29) is 12.0 Å². The van der Waals surface area contributed by atoms with E-state index >= 15 is 0 Å². The van der Waals surface area contributed by atoms with Crippen LogP contribution in [0.3, 0.4) is 0 Å². The Bertz CT molecular complexity index is 507. The van der Waals surface area contributed by atoms with Gasteiger partial charge in [-0.15, -0.1) is 0 Å². The van der Waals surface area contributed by atoms with Crippen LogP contribution in [0.2, 0.25) is 0 Å². The maximum atomic E-state index is 13.6. The third-order valence-corrected chi connectivity index (χ3v) is 3.32. The molecule has 0 aliphatic rings. The number of aryl methyl sites for hydroxylation is 1. The van der Waals surface area contributed by atoms with E-state index in [2.05, 4.69) is 20.9 Å². The van der Waals surface area contributed by atoms with Gasteiger partial charge in [0, 0.05) is 35.9 Å². The van der Waals surface area contributed by atoms with Crippen molar-refractivity contribution in [1.82, 2.24) is 9.55 Å². The van der Waals surface area contributed by atoms with Gasteiger partial charge >= 0.3 is 0 Å². The van der Waals surface area contributed by atoms with Gasteiger partial charge in [0.1, 0.15) is 11.6 Å². The van der Waals surface area contributed by atoms with Gasteiger partial charge in [-0.1, -0.05) is 22.0 Å². The van der Waals surface area contributed by atoms with Crippen molar-refractivity contribution in [2.45, 2.75) is 12.5 Å². The highest BCUT2D eigenvalue weighted by molar-refractivity contribution is 9.10. The van der Waals surface area contributed by atoms with Crippen molar-refractivity contribution in [2.75, 3.05) is 0 Å². The Morgan fingerprint density at radius 2 is 2.29 bits per heavy atom. The van der Waals surface area contributed by atoms with Crippen LogP contribution in [0.5, 0.6) is 0 Å². The fourth-order valence-corrected chi connectivity index (χ4v) is 2.30. The summed E-state index contributed by atoms with van der Waals surface area (Å²) in [5.74, 6) is 0.300. The van der Waals surface area contributed by atoms with E-state index in [4.69, 9.17) is 0 Å². The molecule has 17 heavy (non-hydrogen) atoms. The molecular weight excluding hydrogens is 287 g/mol. The van der Waals surface area contributed by atoms with Crippen molar-refractivity contribution in [1.29, 1.82) is 0 Å². The van der Waals surface area contributed by atoms with E-state index < -0.39 is 11.9 Å². The van der Waals surface area contributed by atoms with Crippen LogP contribution in [0, 0.1) is 5.82 Å². The minimum Gasteiger partial charge on any atom is -0.388 e. The minimum absolute atomic E-state index is 0.274. The number of benzene rings is 1. The molecule has 0 spiro atoms. The van der Waals surface area contributed by atoms with Crippen LogP contribution in [0.1, 0.15) is 17.5 Å². The maximum Gasteiger partial charge on any atom is 0.130 e. The molecule has 2 rings (SSSR count). The van der Waals surface area contributed by atoms with E-state index in [0.29, 0.717) is 10.3 Å². The molecule has 1 N–H and O–H groups in total. The zero-order chi connectivity index (χ0) is 12.4. The predicted molar refractivity (Wildman–Crippen MR) is 66.0 cm³/mol. The Hall–Kier alpha value is -1.20. The average Bonchev–Trinajstić information content (AvgIpc) is 2.64. The van der Waals surface area contributed by atoms with Gasteiger partial charge in [0.25, 0.3) is 0 Å². The van der Waals surface area contributed by atoms with Crippen molar-refractivity contribution >= 4 is 15.9 Å². The second kappa shape index (κ2) is 4.98. The van der Waals surface area contributed by atoms with Crippen molar-refractivity contribution < 1.29 is 9.50 Å². The predicted octanol–water partition coefficient (Wildman–Crippen LogP) is 2.60. The number of aromatic nitrogens is 2. The highest BCUT2D eigenvalue weighted by Gasteiger charge is 2.18. The Kier molecular flexibility index (Phi) is 3.59. The van der Waals surface area contributed by atoms with E-state index in [1.807, 2.05) is 7.05 Å². The molecular formula is C12H12BrFN2O. The molecule has 0 radical (unpaired) electrons. The Morgan fingerprint density at radius 1 is 1.53 bits per heavy atom. The number of rotatable bonds is 3. The molecule has 0 saturated carbocycles. The maximum absolute atomic E-state index is 13.6. The minimum atomic E-state index is -0.910. The molecule has 1 aromatic heterocycles. The molecule has 1 aromatic carbocycles. The first-order valence-electron chi connectivity index (χ1n) is 5.17. The Balaban J connectivity index is 2.26. The molecule has 5 heteroatoms. The van der Waals surface area contributed by atoms with Gasteiger partial charge < -0.3 is 9.67 Å². The van der Waals surface area contributed by atoms with E-state index in [1.165, 1.54) is 6.07 Å². The summed E-state index contributed by atoms with van der Waals surface area (Å²) in [7, 11) is 1.84. The second-order valence-corrected chi connectivity index (χ2v) is 4.66. The van der Waals surface area contributed by atoms with Crippen LogP contribution in [0.25, 0.3) is 0 Å². The van der Waals surface area contributed by atoms with Crippen LogP contribution in [-0.4, -0.2) is 14.7 Å². The fourth-order valence-electron chi connectivity index (χ4n) is 1.70. The monoisotopic (exact) mass is 298 g/mol. The Morgan fingerprint density at radius 3 is 2.88 bits per heavy atom. The summed E-state index contributed by atoms with van der Waals surface area (Å²) < 4.78 is 16.0. The average molecular weight is 299 g/mol. The molecule has 3 nitrogen and oxygen atoms in total.